The van der Waals surface area contributed by atoms with Crippen molar-refractivity contribution in [1.82, 2.24) is 20.1 Å². The quantitative estimate of drug-likeness (QED) is 0.298. The molecule has 0 unspecified atom stereocenters. The Hall–Kier alpha value is -2.26. The van der Waals surface area contributed by atoms with E-state index in [1.807, 2.05) is 32.3 Å². The Kier molecular flexibility index (Phi) is 9.47. The van der Waals surface area contributed by atoms with E-state index in [0.29, 0.717) is 43.8 Å². The van der Waals surface area contributed by atoms with E-state index < -0.39 is 6.04 Å². The van der Waals surface area contributed by atoms with Crippen LogP contribution in [0.5, 0.6) is 0 Å². The fraction of sp³-hybridized carbons (Fsp3) is 0.333. The van der Waals surface area contributed by atoms with Gasteiger partial charge in [0.05, 0.1) is 21.8 Å². The third-order valence-electron chi connectivity index (χ3n) is 5.27. The monoisotopic (exact) mass is 553 g/mol. The highest BCUT2D eigenvalue weighted by Crippen LogP contribution is 2.27. The first-order valence-electron chi connectivity index (χ1n) is 11.0. The molecule has 11 heteroatoms. The Bertz CT molecular complexity index is 1230. The average Bonchev–Trinajstić information content (AvgIpc) is 3.21. The summed E-state index contributed by atoms with van der Waals surface area (Å²) in [5.74, 6) is 0.348. The zero-order chi connectivity index (χ0) is 25.7. The summed E-state index contributed by atoms with van der Waals surface area (Å²) in [4.78, 5) is 25.4. The van der Waals surface area contributed by atoms with E-state index in [0.717, 1.165) is 5.56 Å². The predicted molar refractivity (Wildman–Crippen MR) is 143 cm³/mol. The third kappa shape index (κ3) is 6.91. The van der Waals surface area contributed by atoms with Gasteiger partial charge >= 0.3 is 0 Å². The van der Waals surface area contributed by atoms with E-state index in [2.05, 4.69) is 20.8 Å². The molecule has 2 aromatic carbocycles. The van der Waals surface area contributed by atoms with Gasteiger partial charge in [-0.2, -0.15) is 0 Å². The lowest BCUT2D eigenvalue weighted by molar-refractivity contribution is -0.113. The summed E-state index contributed by atoms with van der Waals surface area (Å²) >= 11 is 19.3. The van der Waals surface area contributed by atoms with Crippen LogP contribution in [0.3, 0.4) is 0 Å². The van der Waals surface area contributed by atoms with Crippen LogP contribution in [0.15, 0.2) is 41.6 Å². The van der Waals surface area contributed by atoms with E-state index in [-0.39, 0.29) is 23.5 Å². The van der Waals surface area contributed by atoms with Gasteiger partial charge in [-0.25, -0.2) is 0 Å². The molecule has 1 heterocycles. The molecule has 0 aliphatic heterocycles. The van der Waals surface area contributed by atoms with Crippen LogP contribution < -0.4 is 10.6 Å². The number of carbonyl (C=O) groups excluding carboxylic acids is 2. The SMILES string of the molecule is CCn1c(SCC(=O)Nc2ccc(Cl)cc2C)nnc1[C@H](NC(=O)c1ccc(Cl)c(Cl)c1)C(C)C. The van der Waals surface area contributed by atoms with Gasteiger partial charge in [-0.1, -0.05) is 60.4 Å². The summed E-state index contributed by atoms with van der Waals surface area (Å²) in [7, 11) is 0. The van der Waals surface area contributed by atoms with Crippen LogP contribution >= 0.6 is 46.6 Å². The third-order valence-corrected chi connectivity index (χ3v) is 7.21. The van der Waals surface area contributed by atoms with Gasteiger partial charge < -0.3 is 15.2 Å². The normalized spacial score (nSPS) is 12.0. The van der Waals surface area contributed by atoms with Gasteiger partial charge in [0, 0.05) is 22.8 Å². The molecular weight excluding hydrogens is 529 g/mol. The topological polar surface area (TPSA) is 88.9 Å². The Labute approximate surface area is 223 Å². The van der Waals surface area contributed by atoms with Crippen molar-refractivity contribution >= 4 is 64.1 Å². The number of thioether (sulfide) groups is 1. The van der Waals surface area contributed by atoms with Crippen LogP contribution in [-0.4, -0.2) is 32.3 Å². The van der Waals surface area contributed by atoms with Crippen LogP contribution in [0.25, 0.3) is 0 Å². The maximum absolute atomic E-state index is 12.9. The molecule has 0 aliphatic carbocycles. The standard InChI is InChI=1S/C24H26Cl3N5O2S/c1-5-32-22(21(13(2)3)29-23(34)15-6-8-17(26)18(27)11-15)30-31-24(32)35-12-20(33)28-19-9-7-16(25)10-14(19)4/h6-11,13,21H,5,12H2,1-4H3,(H,28,33)(H,29,34)/t21-/m1/s1. The van der Waals surface area contributed by atoms with Crippen molar-refractivity contribution in [3.05, 3.63) is 68.4 Å². The van der Waals surface area contributed by atoms with Crippen LogP contribution in [0.2, 0.25) is 15.1 Å². The molecule has 3 rings (SSSR count). The molecule has 0 spiro atoms. The van der Waals surface area contributed by atoms with E-state index in [1.54, 1.807) is 30.3 Å². The van der Waals surface area contributed by atoms with Crippen molar-refractivity contribution in [3.8, 4) is 0 Å². The maximum atomic E-state index is 12.9. The number of aryl methyl sites for hydroxylation is 1. The van der Waals surface area contributed by atoms with E-state index in [4.69, 9.17) is 34.8 Å². The highest BCUT2D eigenvalue weighted by molar-refractivity contribution is 7.99. The van der Waals surface area contributed by atoms with Gasteiger partial charge in [0.15, 0.2) is 11.0 Å². The van der Waals surface area contributed by atoms with E-state index in [1.165, 1.54) is 17.8 Å². The summed E-state index contributed by atoms with van der Waals surface area (Å²) in [6.07, 6.45) is 0. The average molecular weight is 555 g/mol. The zero-order valence-corrected chi connectivity index (χ0v) is 22.8. The first-order chi connectivity index (χ1) is 16.6. The second-order valence-corrected chi connectivity index (χ2v) is 10.4. The minimum Gasteiger partial charge on any atom is -0.342 e. The smallest absolute Gasteiger partial charge is 0.251 e. The number of carbonyl (C=O) groups is 2. The first-order valence-corrected chi connectivity index (χ1v) is 13.1. The van der Waals surface area contributed by atoms with Crippen LogP contribution in [0.4, 0.5) is 5.69 Å². The number of anilines is 1. The van der Waals surface area contributed by atoms with Crippen LogP contribution in [0.1, 0.15) is 48.6 Å². The molecule has 0 aliphatic rings. The summed E-state index contributed by atoms with van der Waals surface area (Å²) in [5, 5.41) is 16.5. The van der Waals surface area contributed by atoms with Crippen molar-refractivity contribution in [3.63, 3.8) is 0 Å². The minimum absolute atomic E-state index is 0.0326. The lowest BCUT2D eigenvalue weighted by Crippen LogP contribution is -2.33. The summed E-state index contributed by atoms with van der Waals surface area (Å²) in [6.45, 7) is 8.40. The number of aromatic nitrogens is 3. The van der Waals surface area contributed by atoms with Gasteiger partial charge in [0.2, 0.25) is 5.91 Å². The van der Waals surface area contributed by atoms with Gasteiger partial charge in [0.1, 0.15) is 0 Å². The molecule has 0 saturated heterocycles. The van der Waals surface area contributed by atoms with E-state index >= 15 is 0 Å². The van der Waals surface area contributed by atoms with Crippen molar-refractivity contribution in [2.24, 2.45) is 5.92 Å². The zero-order valence-electron chi connectivity index (χ0n) is 19.7. The summed E-state index contributed by atoms with van der Waals surface area (Å²) in [5.41, 5.74) is 1.99. The number of nitrogens with zero attached hydrogens (tertiary/aromatic N) is 3. The number of rotatable bonds is 9. The number of hydrogen-bond donors (Lipinski definition) is 2. The van der Waals surface area contributed by atoms with Crippen LogP contribution in [-0.2, 0) is 11.3 Å². The van der Waals surface area contributed by atoms with Crippen LogP contribution in [0, 0.1) is 12.8 Å². The molecule has 186 valence electrons. The summed E-state index contributed by atoms with van der Waals surface area (Å²) in [6, 6.07) is 9.64. The maximum Gasteiger partial charge on any atom is 0.251 e. The number of nitrogens with one attached hydrogen (secondary N) is 2. The largest absolute Gasteiger partial charge is 0.342 e. The number of amides is 2. The molecule has 3 aromatic rings. The fourth-order valence-electron chi connectivity index (χ4n) is 3.41. The predicted octanol–water partition coefficient (Wildman–Crippen LogP) is 6.42. The van der Waals surface area contributed by atoms with Gasteiger partial charge in [-0.05, 0) is 61.7 Å². The first kappa shape index (κ1) is 27.3. The van der Waals surface area contributed by atoms with E-state index in [9.17, 15) is 9.59 Å². The van der Waals surface area contributed by atoms with Gasteiger partial charge in [-0.3, -0.25) is 9.59 Å². The molecule has 0 saturated carbocycles. The second-order valence-electron chi connectivity index (χ2n) is 8.21. The van der Waals surface area contributed by atoms with Gasteiger partial charge in [-0.15, -0.1) is 10.2 Å². The van der Waals surface area contributed by atoms with Crippen molar-refractivity contribution in [1.29, 1.82) is 0 Å². The van der Waals surface area contributed by atoms with Crippen molar-refractivity contribution in [2.75, 3.05) is 11.1 Å². The Morgan fingerprint density at radius 2 is 1.80 bits per heavy atom. The molecular formula is C24H26Cl3N5O2S. The second kappa shape index (κ2) is 12.1. The number of benzene rings is 2. The minimum atomic E-state index is -0.399. The molecule has 2 amide bonds. The summed E-state index contributed by atoms with van der Waals surface area (Å²) < 4.78 is 1.91. The Morgan fingerprint density at radius 3 is 2.43 bits per heavy atom. The number of halogens is 3. The van der Waals surface area contributed by atoms with Crippen molar-refractivity contribution in [2.45, 2.75) is 45.4 Å². The Morgan fingerprint density at radius 1 is 1.06 bits per heavy atom. The molecule has 2 N–H and O–H groups in total. The molecule has 35 heavy (non-hydrogen) atoms. The highest BCUT2D eigenvalue weighted by atomic mass is 35.5. The highest BCUT2D eigenvalue weighted by Gasteiger charge is 2.26. The molecule has 1 atom stereocenters. The molecule has 0 radical (unpaired) electrons. The lowest BCUT2D eigenvalue weighted by Gasteiger charge is -2.22. The molecule has 7 nitrogen and oxygen atoms in total. The lowest BCUT2D eigenvalue weighted by atomic mass is 10.0. The molecule has 0 bridgehead atoms. The fourth-order valence-corrected chi connectivity index (χ4v) is 4.74. The Balaban J connectivity index is 1.72. The van der Waals surface area contributed by atoms with Crippen molar-refractivity contribution < 1.29 is 9.59 Å². The number of hydrogen-bond acceptors (Lipinski definition) is 5. The molecule has 1 aromatic heterocycles. The molecule has 0 fully saturated rings. The van der Waals surface area contributed by atoms with Gasteiger partial charge in [0.25, 0.3) is 5.91 Å².